The monoisotopic (exact) mass is 507 g/mol. The second kappa shape index (κ2) is 12.2. The highest BCUT2D eigenvalue weighted by molar-refractivity contribution is 7.92. The van der Waals surface area contributed by atoms with Crippen LogP contribution in [-0.4, -0.2) is 50.5 Å². The minimum Gasteiger partial charge on any atom is -0.354 e. The van der Waals surface area contributed by atoms with Crippen LogP contribution in [0.2, 0.25) is 5.02 Å². The summed E-state index contributed by atoms with van der Waals surface area (Å²) in [5.41, 5.74) is 2.16. The quantitative estimate of drug-likeness (QED) is 0.498. The van der Waals surface area contributed by atoms with Crippen molar-refractivity contribution in [1.82, 2.24) is 10.2 Å². The van der Waals surface area contributed by atoms with E-state index < -0.39 is 28.5 Å². The number of amides is 2. The number of hydrogen-bond acceptors (Lipinski definition) is 4. The first-order valence-electron chi connectivity index (χ1n) is 11.3. The van der Waals surface area contributed by atoms with Gasteiger partial charge in [0.05, 0.1) is 11.9 Å². The number of hydrogen-bond donors (Lipinski definition) is 1. The van der Waals surface area contributed by atoms with Gasteiger partial charge in [-0.15, -0.1) is 0 Å². The van der Waals surface area contributed by atoms with Gasteiger partial charge in [0, 0.05) is 18.1 Å². The minimum atomic E-state index is -3.79. The number of carbonyl (C=O) groups is 2. The number of nitrogens with one attached hydrogen (secondary N) is 1. The number of halogens is 1. The van der Waals surface area contributed by atoms with Gasteiger partial charge in [-0.3, -0.25) is 13.9 Å². The zero-order chi connectivity index (χ0) is 25.5. The van der Waals surface area contributed by atoms with Crippen LogP contribution in [0.1, 0.15) is 38.3 Å². The van der Waals surface area contributed by atoms with E-state index in [0.29, 0.717) is 18.0 Å². The van der Waals surface area contributed by atoms with E-state index in [0.717, 1.165) is 21.7 Å². The summed E-state index contributed by atoms with van der Waals surface area (Å²) in [6.07, 6.45) is 1.43. The van der Waals surface area contributed by atoms with Crippen molar-refractivity contribution >= 4 is 39.1 Å². The van der Waals surface area contributed by atoms with Crippen LogP contribution in [-0.2, 0) is 26.2 Å². The topological polar surface area (TPSA) is 86.8 Å². The molecule has 1 atom stereocenters. The van der Waals surface area contributed by atoms with Crippen molar-refractivity contribution in [3.8, 4) is 0 Å². The van der Waals surface area contributed by atoms with Crippen molar-refractivity contribution < 1.29 is 18.0 Å². The van der Waals surface area contributed by atoms with E-state index in [9.17, 15) is 18.0 Å². The number of rotatable bonds is 11. The maximum atomic E-state index is 13.6. The lowest BCUT2D eigenvalue weighted by Crippen LogP contribution is -2.52. The third-order valence-electron chi connectivity index (χ3n) is 5.45. The zero-order valence-electron chi connectivity index (χ0n) is 20.4. The maximum absolute atomic E-state index is 13.6. The first-order valence-corrected chi connectivity index (χ1v) is 13.5. The molecule has 2 aromatic carbocycles. The molecule has 0 aliphatic carbocycles. The number of benzene rings is 2. The van der Waals surface area contributed by atoms with Crippen molar-refractivity contribution in [2.45, 2.75) is 46.7 Å². The summed E-state index contributed by atoms with van der Waals surface area (Å²) in [4.78, 5) is 28.1. The Morgan fingerprint density at radius 2 is 1.76 bits per heavy atom. The summed E-state index contributed by atoms with van der Waals surface area (Å²) in [7, 11) is -3.79. The molecule has 1 N–H and O–H groups in total. The highest BCUT2D eigenvalue weighted by Gasteiger charge is 2.32. The van der Waals surface area contributed by atoms with E-state index >= 15 is 0 Å². The van der Waals surface area contributed by atoms with Crippen molar-refractivity contribution in [1.29, 1.82) is 0 Å². The Kier molecular flexibility index (Phi) is 9.94. The molecule has 0 saturated carbocycles. The van der Waals surface area contributed by atoms with Gasteiger partial charge in [-0.1, -0.05) is 62.7 Å². The fraction of sp³-hybridized carbons (Fsp3) is 0.440. The van der Waals surface area contributed by atoms with Gasteiger partial charge in [-0.25, -0.2) is 8.42 Å². The minimum absolute atomic E-state index is 0.187. The van der Waals surface area contributed by atoms with Crippen LogP contribution in [0.5, 0.6) is 0 Å². The Hall–Kier alpha value is -2.58. The SMILES string of the molecule is CC[C@H](C(=O)NCC(C)C)N(Cc1ccccc1C)C(=O)CN(c1cccc(Cl)c1)S(C)(=O)=O. The lowest BCUT2D eigenvalue weighted by molar-refractivity contribution is -0.140. The molecule has 2 rings (SSSR count). The summed E-state index contributed by atoms with van der Waals surface area (Å²) in [5.74, 6) is -0.475. The molecule has 186 valence electrons. The molecule has 9 heteroatoms. The van der Waals surface area contributed by atoms with Crippen LogP contribution in [0.25, 0.3) is 0 Å². The lowest BCUT2D eigenvalue weighted by Gasteiger charge is -2.33. The van der Waals surface area contributed by atoms with E-state index in [-0.39, 0.29) is 24.1 Å². The third-order valence-corrected chi connectivity index (χ3v) is 6.82. The molecule has 2 aromatic rings. The van der Waals surface area contributed by atoms with E-state index in [1.807, 2.05) is 52.0 Å². The molecule has 0 saturated heterocycles. The normalized spacial score (nSPS) is 12.3. The van der Waals surface area contributed by atoms with Gasteiger partial charge < -0.3 is 10.2 Å². The third kappa shape index (κ3) is 7.74. The molecule has 0 aliphatic heterocycles. The van der Waals surface area contributed by atoms with Gasteiger partial charge in [-0.2, -0.15) is 0 Å². The smallest absolute Gasteiger partial charge is 0.244 e. The number of nitrogens with zero attached hydrogens (tertiary/aromatic N) is 2. The molecule has 0 heterocycles. The molecule has 0 unspecified atom stereocenters. The number of aryl methyl sites for hydroxylation is 1. The Balaban J connectivity index is 2.43. The molecule has 2 amide bonds. The predicted octanol–water partition coefficient (Wildman–Crippen LogP) is 3.99. The van der Waals surface area contributed by atoms with Crippen LogP contribution >= 0.6 is 11.6 Å². The van der Waals surface area contributed by atoms with Crippen LogP contribution in [0, 0.1) is 12.8 Å². The predicted molar refractivity (Wildman–Crippen MR) is 137 cm³/mol. The van der Waals surface area contributed by atoms with E-state index in [1.54, 1.807) is 18.2 Å². The summed E-state index contributed by atoms with van der Waals surface area (Å²) in [5, 5.41) is 3.27. The first-order chi connectivity index (χ1) is 15.9. The summed E-state index contributed by atoms with van der Waals surface area (Å²) >= 11 is 6.07. The largest absolute Gasteiger partial charge is 0.354 e. The van der Waals surface area contributed by atoms with Gasteiger partial charge in [0.2, 0.25) is 21.8 Å². The first kappa shape index (κ1) is 27.7. The second-order valence-corrected chi connectivity index (χ2v) is 11.1. The molecule has 0 aliphatic rings. The highest BCUT2D eigenvalue weighted by Crippen LogP contribution is 2.23. The molecule has 34 heavy (non-hydrogen) atoms. The van der Waals surface area contributed by atoms with E-state index in [1.165, 1.54) is 11.0 Å². The van der Waals surface area contributed by atoms with Crippen molar-refractivity contribution in [2.75, 3.05) is 23.7 Å². The van der Waals surface area contributed by atoms with Gasteiger partial charge >= 0.3 is 0 Å². The fourth-order valence-corrected chi connectivity index (χ4v) is 4.58. The van der Waals surface area contributed by atoms with Crippen LogP contribution in [0.4, 0.5) is 5.69 Å². The van der Waals surface area contributed by atoms with E-state index in [4.69, 9.17) is 11.6 Å². The maximum Gasteiger partial charge on any atom is 0.244 e. The van der Waals surface area contributed by atoms with Gasteiger partial charge in [0.15, 0.2) is 0 Å². The highest BCUT2D eigenvalue weighted by atomic mass is 35.5. The van der Waals surface area contributed by atoms with E-state index in [2.05, 4.69) is 5.32 Å². The molecule has 0 aromatic heterocycles. The van der Waals surface area contributed by atoms with Gasteiger partial charge in [0.1, 0.15) is 12.6 Å². The zero-order valence-corrected chi connectivity index (χ0v) is 22.0. The van der Waals surface area contributed by atoms with Crippen molar-refractivity contribution in [3.05, 3.63) is 64.7 Å². The molecule has 0 spiro atoms. The van der Waals surface area contributed by atoms with Crippen LogP contribution < -0.4 is 9.62 Å². The summed E-state index contributed by atoms with van der Waals surface area (Å²) in [6, 6.07) is 13.2. The van der Waals surface area contributed by atoms with Crippen LogP contribution in [0.15, 0.2) is 48.5 Å². The molecular weight excluding hydrogens is 474 g/mol. The van der Waals surface area contributed by atoms with Crippen LogP contribution in [0.3, 0.4) is 0 Å². The van der Waals surface area contributed by atoms with Crippen molar-refractivity contribution in [2.24, 2.45) is 5.92 Å². The molecule has 0 fully saturated rings. The Morgan fingerprint density at radius 3 is 2.32 bits per heavy atom. The second-order valence-electron chi connectivity index (χ2n) is 8.76. The fourth-order valence-electron chi connectivity index (χ4n) is 3.56. The van der Waals surface area contributed by atoms with Gasteiger partial charge in [-0.05, 0) is 48.6 Å². The van der Waals surface area contributed by atoms with Crippen molar-refractivity contribution in [3.63, 3.8) is 0 Å². The summed E-state index contributed by atoms with van der Waals surface area (Å²) < 4.78 is 26.2. The standard InChI is InChI=1S/C25H34ClN3O4S/c1-6-23(25(31)27-15-18(2)3)28(16-20-11-8-7-10-19(20)4)24(30)17-29(34(5,32)33)22-13-9-12-21(26)14-22/h7-14,18,23H,6,15-17H2,1-5H3,(H,27,31)/t23-/m1/s1. The molecule has 7 nitrogen and oxygen atoms in total. The average molecular weight is 508 g/mol. The Morgan fingerprint density at radius 1 is 1.09 bits per heavy atom. The lowest BCUT2D eigenvalue weighted by atomic mass is 10.1. The molecule has 0 radical (unpaired) electrons. The number of sulfonamides is 1. The average Bonchev–Trinajstić information content (AvgIpc) is 2.76. The Bertz CT molecular complexity index is 1100. The number of carbonyl (C=O) groups excluding carboxylic acids is 2. The number of anilines is 1. The molecular formula is C25H34ClN3O4S. The summed E-state index contributed by atoms with van der Waals surface area (Å²) in [6.45, 7) is 7.99. The Labute approximate surface area is 208 Å². The van der Waals surface area contributed by atoms with Gasteiger partial charge in [0.25, 0.3) is 0 Å². The molecule has 0 bridgehead atoms.